The lowest BCUT2D eigenvalue weighted by molar-refractivity contribution is -0.385. The van der Waals surface area contributed by atoms with Crippen molar-refractivity contribution in [3.63, 3.8) is 0 Å². The summed E-state index contributed by atoms with van der Waals surface area (Å²) in [5.41, 5.74) is 6.52. The molecule has 20 heavy (non-hydrogen) atoms. The first-order chi connectivity index (χ1) is 9.54. The van der Waals surface area contributed by atoms with Crippen LogP contribution in [-0.2, 0) is 0 Å². The Kier molecular flexibility index (Phi) is 4.44. The van der Waals surface area contributed by atoms with E-state index >= 15 is 0 Å². The van der Waals surface area contributed by atoms with Gasteiger partial charge in [0.1, 0.15) is 0 Å². The number of ether oxygens (including phenoxy) is 1. The second kappa shape index (κ2) is 6.09. The van der Waals surface area contributed by atoms with E-state index in [-0.39, 0.29) is 23.1 Å². The first-order valence-corrected chi connectivity index (χ1v) is 6.85. The molecule has 1 aliphatic carbocycles. The van der Waals surface area contributed by atoms with Crippen LogP contribution >= 0.6 is 0 Å². The van der Waals surface area contributed by atoms with Crippen LogP contribution in [0.3, 0.4) is 0 Å². The SMILES string of the molecule is COc1cc([N+](=O)[O-])cc([C@H](N)C2CCCCC2)c1O. The zero-order valence-electron chi connectivity index (χ0n) is 11.5. The van der Waals surface area contributed by atoms with Gasteiger partial charge in [-0.1, -0.05) is 19.3 Å². The van der Waals surface area contributed by atoms with Gasteiger partial charge in [0.15, 0.2) is 11.5 Å². The Balaban J connectivity index is 2.37. The van der Waals surface area contributed by atoms with E-state index < -0.39 is 11.0 Å². The average Bonchev–Trinajstić information content (AvgIpc) is 2.47. The summed E-state index contributed by atoms with van der Waals surface area (Å²) in [4.78, 5) is 10.5. The molecular formula is C14H20N2O4. The molecule has 1 aromatic carbocycles. The van der Waals surface area contributed by atoms with E-state index in [1.807, 2.05) is 0 Å². The Morgan fingerprint density at radius 2 is 2.05 bits per heavy atom. The summed E-state index contributed by atoms with van der Waals surface area (Å²) in [5.74, 6) is 0.262. The van der Waals surface area contributed by atoms with E-state index in [2.05, 4.69) is 0 Å². The number of phenolic OH excluding ortho intramolecular Hbond substituents is 1. The minimum absolute atomic E-state index is 0.0869. The number of nitro groups is 1. The van der Waals surface area contributed by atoms with E-state index in [1.165, 1.54) is 25.7 Å². The number of nitrogens with zero attached hydrogens (tertiary/aromatic N) is 1. The molecule has 0 amide bonds. The molecule has 0 bridgehead atoms. The second-order valence-corrected chi connectivity index (χ2v) is 5.27. The van der Waals surface area contributed by atoms with E-state index in [9.17, 15) is 15.2 Å². The van der Waals surface area contributed by atoms with Crippen molar-refractivity contribution in [2.75, 3.05) is 7.11 Å². The molecule has 6 heteroatoms. The minimum Gasteiger partial charge on any atom is -0.504 e. The first kappa shape index (κ1) is 14.6. The molecule has 1 atom stereocenters. The quantitative estimate of drug-likeness (QED) is 0.652. The molecule has 3 N–H and O–H groups in total. The molecule has 0 unspecified atom stereocenters. The molecular weight excluding hydrogens is 260 g/mol. The van der Waals surface area contributed by atoms with Gasteiger partial charge < -0.3 is 15.6 Å². The maximum absolute atomic E-state index is 11.0. The molecule has 1 fully saturated rings. The van der Waals surface area contributed by atoms with Crippen LogP contribution in [0.25, 0.3) is 0 Å². The number of benzene rings is 1. The zero-order chi connectivity index (χ0) is 14.7. The third kappa shape index (κ3) is 2.85. The average molecular weight is 280 g/mol. The van der Waals surface area contributed by atoms with Gasteiger partial charge in [-0.3, -0.25) is 10.1 Å². The fourth-order valence-corrected chi connectivity index (χ4v) is 2.88. The van der Waals surface area contributed by atoms with Crippen molar-refractivity contribution in [3.05, 3.63) is 27.8 Å². The van der Waals surface area contributed by atoms with Crippen molar-refractivity contribution < 1.29 is 14.8 Å². The number of hydrogen-bond acceptors (Lipinski definition) is 5. The Labute approximate surface area is 117 Å². The Morgan fingerprint density at radius 1 is 1.40 bits per heavy atom. The summed E-state index contributed by atoms with van der Waals surface area (Å²) >= 11 is 0. The van der Waals surface area contributed by atoms with Crippen LogP contribution in [0.2, 0.25) is 0 Å². The standard InChI is InChI=1S/C14H20N2O4/c1-20-12-8-10(16(18)19)7-11(14(12)17)13(15)9-5-3-2-4-6-9/h7-9,13,17H,2-6,15H2,1H3/t13-/m1/s1. The van der Waals surface area contributed by atoms with Gasteiger partial charge in [0.25, 0.3) is 5.69 Å². The van der Waals surface area contributed by atoms with Crippen molar-refractivity contribution in [3.8, 4) is 11.5 Å². The Hall–Kier alpha value is -1.82. The first-order valence-electron chi connectivity index (χ1n) is 6.85. The fourth-order valence-electron chi connectivity index (χ4n) is 2.88. The Morgan fingerprint density at radius 3 is 2.60 bits per heavy atom. The van der Waals surface area contributed by atoms with Crippen molar-refractivity contribution in [2.24, 2.45) is 11.7 Å². The summed E-state index contributed by atoms with van der Waals surface area (Å²) in [6, 6.07) is 2.17. The number of aromatic hydroxyl groups is 1. The van der Waals surface area contributed by atoms with Crippen LogP contribution in [-0.4, -0.2) is 17.1 Å². The summed E-state index contributed by atoms with van der Waals surface area (Å²) in [5, 5.41) is 21.1. The van der Waals surface area contributed by atoms with Gasteiger partial charge in [0.05, 0.1) is 18.1 Å². The lowest BCUT2D eigenvalue weighted by Crippen LogP contribution is -2.23. The highest BCUT2D eigenvalue weighted by Crippen LogP contribution is 2.42. The number of nitrogens with two attached hydrogens (primary N) is 1. The number of nitro benzene ring substituents is 1. The fraction of sp³-hybridized carbons (Fsp3) is 0.571. The van der Waals surface area contributed by atoms with E-state index in [0.717, 1.165) is 25.7 Å². The molecule has 0 radical (unpaired) electrons. The number of hydrogen-bond donors (Lipinski definition) is 2. The molecule has 1 aromatic rings. The molecule has 0 spiro atoms. The maximum Gasteiger partial charge on any atom is 0.273 e. The summed E-state index contributed by atoms with van der Waals surface area (Å²) < 4.78 is 5.00. The second-order valence-electron chi connectivity index (χ2n) is 5.27. The number of methoxy groups -OCH3 is 1. The summed E-state index contributed by atoms with van der Waals surface area (Å²) in [6.45, 7) is 0. The van der Waals surface area contributed by atoms with Crippen molar-refractivity contribution in [2.45, 2.75) is 38.1 Å². The number of non-ortho nitro benzene ring substituents is 1. The van der Waals surface area contributed by atoms with Gasteiger partial charge in [0, 0.05) is 17.7 Å². The highest BCUT2D eigenvalue weighted by molar-refractivity contribution is 5.54. The molecule has 6 nitrogen and oxygen atoms in total. The molecule has 0 aliphatic heterocycles. The molecule has 1 aliphatic rings. The monoisotopic (exact) mass is 280 g/mol. The highest BCUT2D eigenvalue weighted by Gasteiger charge is 2.27. The topological polar surface area (TPSA) is 98.6 Å². The van der Waals surface area contributed by atoms with Gasteiger partial charge in [-0.2, -0.15) is 0 Å². The molecule has 1 saturated carbocycles. The van der Waals surface area contributed by atoms with Crippen molar-refractivity contribution in [1.82, 2.24) is 0 Å². The van der Waals surface area contributed by atoms with Crippen LogP contribution in [0.5, 0.6) is 11.5 Å². The van der Waals surface area contributed by atoms with Gasteiger partial charge in [-0.05, 0) is 18.8 Å². The van der Waals surface area contributed by atoms with Gasteiger partial charge in [-0.15, -0.1) is 0 Å². The van der Waals surface area contributed by atoms with Gasteiger partial charge in [-0.25, -0.2) is 0 Å². The van der Waals surface area contributed by atoms with Crippen LogP contribution in [0.1, 0.15) is 43.7 Å². The van der Waals surface area contributed by atoms with Crippen LogP contribution in [0, 0.1) is 16.0 Å². The van der Waals surface area contributed by atoms with Gasteiger partial charge in [0.2, 0.25) is 0 Å². The predicted octanol–water partition coefficient (Wildman–Crippen LogP) is 2.89. The van der Waals surface area contributed by atoms with Gasteiger partial charge >= 0.3 is 0 Å². The largest absolute Gasteiger partial charge is 0.504 e. The molecule has 2 rings (SSSR count). The minimum atomic E-state index is -0.501. The van der Waals surface area contributed by atoms with E-state index in [0.29, 0.717) is 5.56 Å². The van der Waals surface area contributed by atoms with Crippen molar-refractivity contribution >= 4 is 5.69 Å². The van der Waals surface area contributed by atoms with Crippen molar-refractivity contribution in [1.29, 1.82) is 0 Å². The third-order valence-corrected chi connectivity index (χ3v) is 4.04. The predicted molar refractivity (Wildman–Crippen MR) is 74.8 cm³/mol. The van der Waals surface area contributed by atoms with Crippen LogP contribution in [0.4, 0.5) is 5.69 Å². The Bertz CT molecular complexity index is 498. The van der Waals surface area contributed by atoms with E-state index in [1.54, 1.807) is 0 Å². The lowest BCUT2D eigenvalue weighted by Gasteiger charge is -2.28. The zero-order valence-corrected chi connectivity index (χ0v) is 11.5. The summed E-state index contributed by atoms with van der Waals surface area (Å²) in [6.07, 6.45) is 5.42. The maximum atomic E-state index is 11.0. The van der Waals surface area contributed by atoms with Crippen LogP contribution in [0.15, 0.2) is 12.1 Å². The molecule has 0 saturated heterocycles. The number of rotatable bonds is 4. The molecule has 110 valence electrons. The number of phenols is 1. The van der Waals surface area contributed by atoms with E-state index in [4.69, 9.17) is 10.5 Å². The molecule has 0 aromatic heterocycles. The summed E-state index contributed by atoms with van der Waals surface area (Å²) in [7, 11) is 1.37. The van der Waals surface area contributed by atoms with Crippen LogP contribution < -0.4 is 10.5 Å². The molecule has 0 heterocycles. The smallest absolute Gasteiger partial charge is 0.273 e. The lowest BCUT2D eigenvalue weighted by atomic mass is 9.81. The third-order valence-electron chi connectivity index (χ3n) is 4.04. The normalized spacial score (nSPS) is 17.7. The highest BCUT2D eigenvalue weighted by atomic mass is 16.6.